The van der Waals surface area contributed by atoms with E-state index in [0.29, 0.717) is 5.56 Å². The van der Waals surface area contributed by atoms with E-state index < -0.39 is 0 Å². The number of nitrogens with zero attached hydrogens (tertiary/aromatic N) is 4. The van der Waals surface area contributed by atoms with Gasteiger partial charge in [-0.05, 0) is 20.8 Å². The summed E-state index contributed by atoms with van der Waals surface area (Å²) >= 11 is 0. The molecule has 1 N–H and O–H groups in total. The van der Waals surface area contributed by atoms with Gasteiger partial charge >= 0.3 is 0 Å². The summed E-state index contributed by atoms with van der Waals surface area (Å²) in [5, 5.41) is 11.4. The van der Waals surface area contributed by atoms with Gasteiger partial charge in [-0.15, -0.1) is 0 Å². The van der Waals surface area contributed by atoms with Gasteiger partial charge in [-0.3, -0.25) is 14.2 Å². The first-order valence-electron chi connectivity index (χ1n) is 6.19. The number of hydrogen-bond donors (Lipinski definition) is 1. The number of aryl methyl sites for hydroxylation is 4. The molecule has 0 aromatic carbocycles. The molecule has 0 fully saturated rings. The molecule has 0 aliphatic rings. The monoisotopic (exact) mass is 261 g/mol. The van der Waals surface area contributed by atoms with Crippen molar-refractivity contribution in [2.45, 2.75) is 26.8 Å². The smallest absolute Gasteiger partial charge is 0.255 e. The number of rotatable bonds is 3. The Morgan fingerprint density at radius 3 is 2.21 bits per heavy atom. The number of nitrogens with one attached hydrogen (secondary N) is 1. The third-order valence-electron chi connectivity index (χ3n) is 3.12. The van der Waals surface area contributed by atoms with E-state index in [9.17, 15) is 4.79 Å². The van der Waals surface area contributed by atoms with Crippen LogP contribution in [0.5, 0.6) is 0 Å². The highest BCUT2D eigenvalue weighted by molar-refractivity contribution is 5.95. The predicted molar refractivity (Wildman–Crippen MR) is 71.8 cm³/mol. The number of hydrogen-bond acceptors (Lipinski definition) is 3. The van der Waals surface area contributed by atoms with Crippen LogP contribution in [0, 0.1) is 13.8 Å². The third-order valence-corrected chi connectivity index (χ3v) is 3.12. The highest BCUT2D eigenvalue weighted by Gasteiger charge is 2.18. The number of amides is 1. The van der Waals surface area contributed by atoms with Crippen molar-refractivity contribution in [1.29, 1.82) is 0 Å². The number of carbonyl (C=O) groups excluding carboxylic acids is 1. The Balaban J connectivity index is 2.15. The van der Waals surface area contributed by atoms with Gasteiger partial charge < -0.3 is 5.32 Å². The van der Waals surface area contributed by atoms with Gasteiger partial charge in [0.25, 0.3) is 5.91 Å². The van der Waals surface area contributed by atoms with Gasteiger partial charge in [-0.25, -0.2) is 0 Å². The van der Waals surface area contributed by atoms with Crippen molar-refractivity contribution < 1.29 is 4.79 Å². The normalized spacial score (nSPS) is 12.5. The molecule has 0 saturated carbocycles. The van der Waals surface area contributed by atoms with E-state index in [0.717, 1.165) is 17.0 Å². The van der Waals surface area contributed by atoms with Gasteiger partial charge in [-0.1, -0.05) is 0 Å². The molecule has 19 heavy (non-hydrogen) atoms. The van der Waals surface area contributed by atoms with Gasteiger partial charge in [-0.2, -0.15) is 10.2 Å². The summed E-state index contributed by atoms with van der Waals surface area (Å²) in [6.45, 7) is 5.72. The molecule has 0 spiro atoms. The molecule has 1 amide bonds. The molecular formula is C13H19N5O. The summed E-state index contributed by atoms with van der Waals surface area (Å²) in [6.07, 6.45) is 3.66. The molecule has 6 nitrogen and oxygen atoms in total. The van der Waals surface area contributed by atoms with E-state index in [1.807, 2.05) is 34.0 Å². The first-order valence-corrected chi connectivity index (χ1v) is 6.19. The largest absolute Gasteiger partial charge is 0.345 e. The maximum Gasteiger partial charge on any atom is 0.255 e. The fourth-order valence-corrected chi connectivity index (χ4v) is 2.22. The van der Waals surface area contributed by atoms with Crippen LogP contribution in [0.4, 0.5) is 0 Å². The van der Waals surface area contributed by atoms with E-state index in [4.69, 9.17) is 0 Å². The number of carbonyl (C=O) groups is 1. The average Bonchev–Trinajstić information content (AvgIpc) is 2.81. The van der Waals surface area contributed by atoms with Crippen molar-refractivity contribution in [3.8, 4) is 0 Å². The fourth-order valence-electron chi connectivity index (χ4n) is 2.22. The molecule has 0 saturated heterocycles. The molecule has 0 bridgehead atoms. The van der Waals surface area contributed by atoms with Crippen LogP contribution < -0.4 is 5.32 Å². The van der Waals surface area contributed by atoms with Crippen LogP contribution in [0.2, 0.25) is 0 Å². The quantitative estimate of drug-likeness (QED) is 0.904. The zero-order chi connectivity index (χ0) is 14.2. The van der Waals surface area contributed by atoms with Crippen molar-refractivity contribution in [3.63, 3.8) is 0 Å². The van der Waals surface area contributed by atoms with Crippen LogP contribution in [-0.2, 0) is 14.1 Å². The van der Waals surface area contributed by atoms with E-state index >= 15 is 0 Å². The minimum absolute atomic E-state index is 0.0826. The van der Waals surface area contributed by atoms with Crippen molar-refractivity contribution >= 4 is 5.91 Å². The minimum Gasteiger partial charge on any atom is -0.345 e. The lowest BCUT2D eigenvalue weighted by Gasteiger charge is -2.12. The molecule has 1 atom stereocenters. The summed E-state index contributed by atoms with van der Waals surface area (Å²) in [4.78, 5) is 12.2. The van der Waals surface area contributed by atoms with Crippen LogP contribution in [-0.4, -0.2) is 25.5 Å². The first-order chi connectivity index (χ1) is 8.88. The standard InChI is InChI=1S/C13H19N5O/c1-8(11-6-17(4)15-9(11)2)14-13(19)12-7-18(5)16-10(12)3/h6-8H,1-5H3,(H,14,19). The fraction of sp³-hybridized carbons (Fsp3) is 0.462. The molecule has 2 rings (SSSR count). The van der Waals surface area contributed by atoms with Crippen LogP contribution in [0.3, 0.4) is 0 Å². The van der Waals surface area contributed by atoms with Crippen molar-refractivity contribution in [2.75, 3.05) is 0 Å². The molecule has 2 aromatic heterocycles. The second-order valence-electron chi connectivity index (χ2n) is 4.84. The molecule has 2 heterocycles. The van der Waals surface area contributed by atoms with E-state index in [2.05, 4.69) is 15.5 Å². The van der Waals surface area contributed by atoms with Crippen molar-refractivity contribution in [1.82, 2.24) is 24.9 Å². The van der Waals surface area contributed by atoms with Gasteiger partial charge in [0.05, 0.1) is 23.0 Å². The lowest BCUT2D eigenvalue weighted by atomic mass is 10.1. The SMILES string of the molecule is Cc1nn(C)cc1C(=O)NC(C)c1cn(C)nc1C. The third kappa shape index (κ3) is 2.67. The Hall–Kier alpha value is -2.11. The highest BCUT2D eigenvalue weighted by atomic mass is 16.1. The van der Waals surface area contributed by atoms with Crippen LogP contribution in [0.15, 0.2) is 12.4 Å². The molecular weight excluding hydrogens is 242 g/mol. The predicted octanol–water partition coefficient (Wildman–Crippen LogP) is 1.26. The maximum absolute atomic E-state index is 12.2. The summed E-state index contributed by atoms with van der Waals surface area (Å²) in [7, 11) is 3.68. The first kappa shape index (κ1) is 13.3. The maximum atomic E-state index is 12.2. The zero-order valence-electron chi connectivity index (χ0n) is 11.9. The van der Waals surface area contributed by atoms with Gasteiger partial charge in [0.1, 0.15) is 0 Å². The molecule has 1 unspecified atom stereocenters. The summed E-state index contributed by atoms with van der Waals surface area (Å²) in [5.74, 6) is -0.110. The van der Waals surface area contributed by atoms with Gasteiger partial charge in [0.15, 0.2) is 0 Å². The van der Waals surface area contributed by atoms with E-state index in [1.165, 1.54) is 0 Å². The average molecular weight is 261 g/mol. The van der Waals surface area contributed by atoms with Crippen LogP contribution >= 0.6 is 0 Å². The zero-order valence-corrected chi connectivity index (χ0v) is 11.9. The topological polar surface area (TPSA) is 64.7 Å². The second kappa shape index (κ2) is 4.87. The van der Waals surface area contributed by atoms with Crippen LogP contribution in [0.1, 0.15) is 40.3 Å². The molecule has 102 valence electrons. The summed E-state index contributed by atoms with van der Waals surface area (Å²) in [6, 6.07) is -0.0826. The van der Waals surface area contributed by atoms with Crippen molar-refractivity contribution in [2.24, 2.45) is 14.1 Å². The molecule has 0 aliphatic heterocycles. The molecule has 2 aromatic rings. The highest BCUT2D eigenvalue weighted by Crippen LogP contribution is 2.16. The lowest BCUT2D eigenvalue weighted by Crippen LogP contribution is -2.27. The minimum atomic E-state index is -0.110. The van der Waals surface area contributed by atoms with Crippen LogP contribution in [0.25, 0.3) is 0 Å². The van der Waals surface area contributed by atoms with Gasteiger partial charge in [0.2, 0.25) is 0 Å². The van der Waals surface area contributed by atoms with E-state index in [-0.39, 0.29) is 11.9 Å². The Morgan fingerprint density at radius 1 is 1.16 bits per heavy atom. The number of aromatic nitrogens is 4. The van der Waals surface area contributed by atoms with E-state index in [1.54, 1.807) is 22.6 Å². The Morgan fingerprint density at radius 2 is 1.74 bits per heavy atom. The Bertz CT molecular complexity index is 611. The summed E-state index contributed by atoms with van der Waals surface area (Å²) in [5.41, 5.74) is 3.29. The van der Waals surface area contributed by atoms with Gasteiger partial charge in [0, 0.05) is 32.1 Å². The molecule has 0 radical (unpaired) electrons. The Kier molecular flexibility index (Phi) is 3.42. The Labute approximate surface area is 112 Å². The van der Waals surface area contributed by atoms with Crippen molar-refractivity contribution in [3.05, 3.63) is 34.9 Å². The molecule has 0 aliphatic carbocycles. The summed E-state index contributed by atoms with van der Waals surface area (Å²) < 4.78 is 3.40. The lowest BCUT2D eigenvalue weighted by molar-refractivity contribution is 0.0939. The molecule has 6 heteroatoms. The second-order valence-corrected chi connectivity index (χ2v) is 4.84.